The molecular formula is C25H24F5N5O2. The Hall–Kier alpha value is -3.02. The van der Waals surface area contributed by atoms with Crippen LogP contribution in [-0.2, 0) is 10.2 Å². The minimum absolute atomic E-state index is 0.0186. The van der Waals surface area contributed by atoms with E-state index in [-0.39, 0.29) is 25.2 Å². The van der Waals surface area contributed by atoms with E-state index in [9.17, 15) is 26.7 Å². The fourth-order valence-corrected chi connectivity index (χ4v) is 6.15. The number of aryl methyl sites for hydroxylation is 2. The summed E-state index contributed by atoms with van der Waals surface area (Å²) in [5, 5.41) is 0. The first-order valence-corrected chi connectivity index (χ1v) is 12.1. The van der Waals surface area contributed by atoms with Crippen molar-refractivity contribution in [2.45, 2.75) is 76.1 Å². The Balaban J connectivity index is 1.37. The number of alkyl halides is 5. The Morgan fingerprint density at radius 1 is 1.05 bits per heavy atom. The van der Waals surface area contributed by atoms with Gasteiger partial charge in [0.1, 0.15) is 11.3 Å². The first-order valence-electron chi connectivity index (χ1n) is 12.1. The molecule has 2 bridgehead atoms. The third-order valence-corrected chi connectivity index (χ3v) is 8.29. The smallest absolute Gasteiger partial charge is 0.373 e. The summed E-state index contributed by atoms with van der Waals surface area (Å²) in [6.45, 7) is 0.920. The molecule has 3 aliphatic carbocycles. The van der Waals surface area contributed by atoms with Gasteiger partial charge < -0.3 is 4.74 Å². The highest BCUT2D eigenvalue weighted by Gasteiger charge is 2.79. The summed E-state index contributed by atoms with van der Waals surface area (Å²) >= 11 is 0. The molecule has 4 fully saturated rings. The summed E-state index contributed by atoms with van der Waals surface area (Å²) < 4.78 is 73.4. The molecule has 12 heteroatoms. The number of hydrogen-bond acceptors (Lipinski definition) is 6. The highest BCUT2D eigenvalue weighted by Crippen LogP contribution is 2.78. The van der Waals surface area contributed by atoms with E-state index < -0.39 is 35.2 Å². The van der Waals surface area contributed by atoms with Crippen molar-refractivity contribution >= 4 is 11.2 Å². The summed E-state index contributed by atoms with van der Waals surface area (Å²) in [6, 6.07) is 2.55. The molecule has 0 amide bonds. The Kier molecular flexibility index (Phi) is 5.25. The van der Waals surface area contributed by atoms with Crippen LogP contribution in [0.4, 0.5) is 22.0 Å². The number of nitrogens with zero attached hydrogens (tertiary/aromatic N) is 5. The van der Waals surface area contributed by atoms with Crippen molar-refractivity contribution in [1.82, 2.24) is 24.5 Å². The van der Waals surface area contributed by atoms with Crippen molar-refractivity contribution in [3.63, 3.8) is 0 Å². The minimum Gasteiger partial charge on any atom is -0.373 e. The lowest BCUT2D eigenvalue weighted by molar-refractivity contribution is -0.337. The van der Waals surface area contributed by atoms with Crippen molar-refractivity contribution in [3.05, 3.63) is 57.2 Å². The number of aromatic nitrogens is 5. The number of halogens is 5. The molecule has 1 aliphatic heterocycles. The molecule has 196 valence electrons. The zero-order valence-corrected chi connectivity index (χ0v) is 20.1. The number of ether oxygens (including phenoxy) is 1. The van der Waals surface area contributed by atoms with Crippen molar-refractivity contribution in [2.24, 2.45) is 5.41 Å². The third-order valence-electron chi connectivity index (χ3n) is 8.29. The average Bonchev–Trinajstić information content (AvgIpc) is 2.77. The summed E-state index contributed by atoms with van der Waals surface area (Å²) in [7, 11) is 0. The second-order valence-corrected chi connectivity index (χ2v) is 10.7. The monoisotopic (exact) mass is 521 g/mol. The molecule has 4 heterocycles. The van der Waals surface area contributed by atoms with Crippen LogP contribution < -0.4 is 5.56 Å². The molecule has 7 nitrogen and oxygen atoms in total. The molecule has 37 heavy (non-hydrogen) atoms. The van der Waals surface area contributed by atoms with Gasteiger partial charge in [0.15, 0.2) is 5.65 Å². The van der Waals surface area contributed by atoms with Crippen LogP contribution in [0.25, 0.3) is 11.2 Å². The van der Waals surface area contributed by atoms with E-state index in [1.807, 2.05) is 0 Å². The maximum atomic E-state index is 13.6. The second-order valence-electron chi connectivity index (χ2n) is 10.7. The lowest BCUT2D eigenvalue weighted by atomic mass is 9.34. The maximum absolute atomic E-state index is 13.6. The van der Waals surface area contributed by atoms with Gasteiger partial charge in [0, 0.05) is 30.2 Å². The molecule has 0 aromatic carbocycles. The van der Waals surface area contributed by atoms with Gasteiger partial charge in [0.2, 0.25) is 0 Å². The van der Waals surface area contributed by atoms with Crippen LogP contribution in [-0.4, -0.2) is 37.3 Å². The fraction of sp³-hybridized carbons (Fsp3) is 0.560. The highest BCUT2D eigenvalue weighted by molar-refractivity contribution is 5.75. The Labute approximate surface area is 208 Å². The van der Waals surface area contributed by atoms with E-state index in [4.69, 9.17) is 9.72 Å². The zero-order chi connectivity index (χ0) is 26.3. The van der Waals surface area contributed by atoms with Gasteiger partial charge in [-0.3, -0.25) is 9.36 Å². The molecule has 0 N–H and O–H groups in total. The number of fused-ring (bicyclic) bond motifs is 1. The van der Waals surface area contributed by atoms with Gasteiger partial charge in [-0.25, -0.2) is 19.9 Å². The Bertz CT molecular complexity index is 1450. The molecule has 2 atom stereocenters. The molecule has 3 aromatic rings. The van der Waals surface area contributed by atoms with E-state index in [0.717, 1.165) is 12.3 Å². The van der Waals surface area contributed by atoms with Crippen LogP contribution in [0.3, 0.4) is 0 Å². The van der Waals surface area contributed by atoms with E-state index in [1.54, 1.807) is 13.8 Å². The molecule has 0 spiro atoms. The topological polar surface area (TPSA) is 82.8 Å². The summed E-state index contributed by atoms with van der Waals surface area (Å²) in [5.41, 5.74) is -0.0684. The summed E-state index contributed by atoms with van der Waals surface area (Å²) in [5.74, 6) is 0.211. The first-order chi connectivity index (χ1) is 17.4. The van der Waals surface area contributed by atoms with Gasteiger partial charge in [-0.2, -0.15) is 22.0 Å². The van der Waals surface area contributed by atoms with Crippen LogP contribution >= 0.6 is 0 Å². The van der Waals surface area contributed by atoms with Crippen molar-refractivity contribution in [2.75, 3.05) is 6.61 Å². The predicted molar refractivity (Wildman–Crippen MR) is 121 cm³/mol. The van der Waals surface area contributed by atoms with E-state index >= 15 is 0 Å². The van der Waals surface area contributed by atoms with Gasteiger partial charge in [-0.15, -0.1) is 0 Å². The first kappa shape index (κ1) is 24.3. The van der Waals surface area contributed by atoms with Gasteiger partial charge >= 0.3 is 12.7 Å². The quantitative estimate of drug-likeness (QED) is 0.439. The number of hydrogen-bond donors (Lipinski definition) is 0. The Morgan fingerprint density at radius 2 is 1.76 bits per heavy atom. The summed E-state index contributed by atoms with van der Waals surface area (Å²) in [6.07, 6.45) is -2.86. The summed E-state index contributed by atoms with van der Waals surface area (Å²) in [4.78, 5) is 30.4. The number of rotatable bonds is 4. The molecule has 4 aliphatic rings. The van der Waals surface area contributed by atoms with Gasteiger partial charge in [-0.1, -0.05) is 0 Å². The van der Waals surface area contributed by atoms with Crippen LogP contribution in [0, 0.1) is 19.3 Å². The van der Waals surface area contributed by atoms with Crippen molar-refractivity contribution in [3.8, 4) is 0 Å². The Morgan fingerprint density at radius 3 is 2.43 bits per heavy atom. The minimum atomic E-state index is -4.25. The van der Waals surface area contributed by atoms with Gasteiger partial charge in [0.05, 0.1) is 28.6 Å². The van der Waals surface area contributed by atoms with Gasteiger partial charge in [0.25, 0.3) is 5.56 Å². The van der Waals surface area contributed by atoms with E-state index in [0.29, 0.717) is 63.6 Å². The highest BCUT2D eigenvalue weighted by atomic mass is 19.4. The van der Waals surface area contributed by atoms with Crippen LogP contribution in [0.1, 0.15) is 79.1 Å². The standard InChI is InChI=1S/C25H24F5N5O2/c1-12-13(2)32-21-18(31-12)19(23-9-24(10-23,11-23)25(28,29)30)33-20(34-21)14-5-6-37-16(7-14)15-3-4-17(36)35(8-15)22(26)27/h3-4,8,14,16,22H,5-7,9-11H2,1-2H3/t14-,16+,23?,24?/m0/s1. The largest absolute Gasteiger partial charge is 0.394 e. The van der Waals surface area contributed by atoms with E-state index in [2.05, 4.69) is 15.0 Å². The predicted octanol–water partition coefficient (Wildman–Crippen LogP) is 5.21. The van der Waals surface area contributed by atoms with Crippen LogP contribution in [0.5, 0.6) is 0 Å². The molecular weight excluding hydrogens is 497 g/mol. The zero-order valence-electron chi connectivity index (χ0n) is 20.1. The molecule has 3 aromatic heterocycles. The number of pyridine rings is 1. The fourth-order valence-electron chi connectivity index (χ4n) is 6.15. The van der Waals surface area contributed by atoms with Crippen LogP contribution in [0.2, 0.25) is 0 Å². The third kappa shape index (κ3) is 3.66. The average molecular weight is 521 g/mol. The molecule has 7 rings (SSSR count). The molecule has 1 saturated heterocycles. The maximum Gasteiger partial charge on any atom is 0.394 e. The molecule has 3 saturated carbocycles. The van der Waals surface area contributed by atoms with Gasteiger partial charge in [-0.05, 0) is 57.6 Å². The molecule has 0 radical (unpaired) electrons. The lowest BCUT2D eigenvalue weighted by Gasteiger charge is -2.70. The lowest BCUT2D eigenvalue weighted by Crippen LogP contribution is -2.70. The van der Waals surface area contributed by atoms with E-state index in [1.165, 1.54) is 6.07 Å². The molecule has 0 unspecified atom stereocenters. The van der Waals surface area contributed by atoms with Crippen molar-refractivity contribution < 1.29 is 26.7 Å². The second kappa shape index (κ2) is 7.99. The van der Waals surface area contributed by atoms with Crippen molar-refractivity contribution in [1.29, 1.82) is 0 Å². The SMILES string of the molecule is Cc1nc2nc([C@H]3CCO[C@@H](c4ccc(=O)n(C(F)F)c4)C3)nc(C34CC(C(F)(F)F)(C3)C4)c2nc1C. The van der Waals surface area contributed by atoms with Crippen LogP contribution in [0.15, 0.2) is 23.1 Å². The normalized spacial score (nSPS) is 29.3.